The zero-order chi connectivity index (χ0) is 14.7. The summed E-state index contributed by atoms with van der Waals surface area (Å²) in [5.74, 6) is 2.76. The maximum absolute atomic E-state index is 7.66. The molecule has 110 valence electrons. The molecule has 0 saturated heterocycles. The Labute approximate surface area is 120 Å². The van der Waals surface area contributed by atoms with E-state index in [1.807, 2.05) is 6.07 Å². The van der Waals surface area contributed by atoms with Gasteiger partial charge in [0, 0.05) is 6.07 Å². The van der Waals surface area contributed by atoms with Crippen molar-refractivity contribution in [3.05, 3.63) is 23.8 Å². The third kappa shape index (κ3) is 3.44. The first-order valence-electron chi connectivity index (χ1n) is 7.18. The van der Waals surface area contributed by atoms with Crippen molar-refractivity contribution in [2.75, 3.05) is 7.11 Å². The van der Waals surface area contributed by atoms with Gasteiger partial charge >= 0.3 is 0 Å². The van der Waals surface area contributed by atoms with Crippen LogP contribution in [0.3, 0.4) is 0 Å². The minimum Gasteiger partial charge on any atom is -0.497 e. The van der Waals surface area contributed by atoms with Gasteiger partial charge in [0.1, 0.15) is 17.3 Å². The number of hydrogen-bond acceptors (Lipinski definition) is 3. The molecule has 0 bridgehead atoms. The van der Waals surface area contributed by atoms with Crippen molar-refractivity contribution in [3.63, 3.8) is 0 Å². The molecule has 0 radical (unpaired) electrons. The van der Waals surface area contributed by atoms with E-state index in [0.29, 0.717) is 23.1 Å². The fourth-order valence-electron chi connectivity index (χ4n) is 3.10. The highest BCUT2D eigenvalue weighted by molar-refractivity contribution is 5.97. The van der Waals surface area contributed by atoms with Gasteiger partial charge in [0.25, 0.3) is 0 Å². The number of methoxy groups -OCH3 is 1. The molecule has 4 nitrogen and oxygen atoms in total. The molecule has 2 unspecified atom stereocenters. The van der Waals surface area contributed by atoms with Gasteiger partial charge in [-0.3, -0.25) is 5.41 Å². The fraction of sp³-hybridized carbons (Fsp3) is 0.562. The van der Waals surface area contributed by atoms with E-state index in [1.54, 1.807) is 19.2 Å². The smallest absolute Gasteiger partial charge is 0.134 e. The Morgan fingerprint density at radius 3 is 2.40 bits per heavy atom. The molecule has 1 aliphatic carbocycles. The van der Waals surface area contributed by atoms with Crippen LogP contribution in [0.5, 0.6) is 11.5 Å². The summed E-state index contributed by atoms with van der Waals surface area (Å²) in [6.07, 6.45) is 3.56. The Morgan fingerprint density at radius 1 is 1.20 bits per heavy atom. The maximum atomic E-state index is 7.66. The number of nitrogen functional groups attached to an aromatic ring is 1. The van der Waals surface area contributed by atoms with E-state index in [2.05, 4.69) is 13.8 Å². The zero-order valence-corrected chi connectivity index (χ0v) is 12.5. The van der Waals surface area contributed by atoms with Crippen LogP contribution < -0.4 is 15.2 Å². The van der Waals surface area contributed by atoms with Crippen LogP contribution in [0.4, 0.5) is 0 Å². The van der Waals surface area contributed by atoms with Crippen LogP contribution in [0, 0.1) is 17.2 Å². The second kappa shape index (κ2) is 6.16. The van der Waals surface area contributed by atoms with E-state index in [-0.39, 0.29) is 11.9 Å². The summed E-state index contributed by atoms with van der Waals surface area (Å²) >= 11 is 0. The van der Waals surface area contributed by atoms with E-state index >= 15 is 0 Å². The lowest BCUT2D eigenvalue weighted by Gasteiger charge is -2.32. The SMILES string of the molecule is COc1ccc(C(=N)N)c(OC2CC(C)CC(C)C2)c1. The number of benzene rings is 1. The summed E-state index contributed by atoms with van der Waals surface area (Å²) in [4.78, 5) is 0. The molecule has 0 aromatic heterocycles. The largest absolute Gasteiger partial charge is 0.497 e. The molecule has 1 aromatic rings. The highest BCUT2D eigenvalue weighted by atomic mass is 16.5. The molecule has 2 rings (SSSR count). The maximum Gasteiger partial charge on any atom is 0.134 e. The molecule has 0 amide bonds. The lowest BCUT2D eigenvalue weighted by atomic mass is 9.82. The minimum atomic E-state index is 0.0274. The van der Waals surface area contributed by atoms with Crippen LogP contribution in [0.25, 0.3) is 0 Å². The predicted molar refractivity (Wildman–Crippen MR) is 80.6 cm³/mol. The lowest BCUT2D eigenvalue weighted by molar-refractivity contribution is 0.101. The van der Waals surface area contributed by atoms with Gasteiger partial charge in [0.2, 0.25) is 0 Å². The van der Waals surface area contributed by atoms with Gasteiger partial charge in [-0.1, -0.05) is 13.8 Å². The normalized spacial score (nSPS) is 26.1. The van der Waals surface area contributed by atoms with Crippen molar-refractivity contribution in [1.82, 2.24) is 0 Å². The first kappa shape index (κ1) is 14.7. The number of nitrogens with two attached hydrogens (primary N) is 1. The highest BCUT2D eigenvalue weighted by Crippen LogP contribution is 2.33. The average molecular weight is 276 g/mol. The zero-order valence-electron chi connectivity index (χ0n) is 12.5. The Hall–Kier alpha value is -1.71. The summed E-state index contributed by atoms with van der Waals surface area (Å²) in [7, 11) is 1.62. The number of amidine groups is 1. The van der Waals surface area contributed by atoms with E-state index in [9.17, 15) is 0 Å². The lowest BCUT2D eigenvalue weighted by Crippen LogP contribution is -2.29. The van der Waals surface area contributed by atoms with Gasteiger partial charge in [-0.25, -0.2) is 0 Å². The molecule has 20 heavy (non-hydrogen) atoms. The topological polar surface area (TPSA) is 68.3 Å². The number of ether oxygens (including phenoxy) is 2. The second-order valence-electron chi connectivity index (χ2n) is 5.93. The van der Waals surface area contributed by atoms with Crippen LogP contribution in [-0.4, -0.2) is 19.0 Å². The van der Waals surface area contributed by atoms with Crippen LogP contribution >= 0.6 is 0 Å². The van der Waals surface area contributed by atoms with E-state index in [0.717, 1.165) is 18.6 Å². The first-order valence-corrected chi connectivity index (χ1v) is 7.18. The molecular weight excluding hydrogens is 252 g/mol. The molecule has 3 N–H and O–H groups in total. The van der Waals surface area contributed by atoms with Gasteiger partial charge in [-0.2, -0.15) is 0 Å². The standard InChI is InChI=1S/C16H24N2O2/c1-10-6-11(2)8-13(7-10)20-15-9-12(19-3)4-5-14(15)16(17)18/h4-5,9-11,13H,6-8H2,1-3H3,(H3,17,18). The molecule has 4 heteroatoms. The third-order valence-electron chi connectivity index (χ3n) is 3.91. The molecule has 1 aromatic carbocycles. The van der Waals surface area contributed by atoms with Crippen molar-refractivity contribution in [3.8, 4) is 11.5 Å². The summed E-state index contributed by atoms with van der Waals surface area (Å²) in [6, 6.07) is 5.41. The predicted octanol–water partition coefficient (Wildman–Crippen LogP) is 3.18. The third-order valence-corrected chi connectivity index (χ3v) is 3.91. The molecule has 1 fully saturated rings. The Balaban J connectivity index is 2.20. The van der Waals surface area contributed by atoms with Crippen LogP contribution in [0.2, 0.25) is 0 Å². The van der Waals surface area contributed by atoms with Crippen LogP contribution in [-0.2, 0) is 0 Å². The van der Waals surface area contributed by atoms with Crippen molar-refractivity contribution >= 4 is 5.84 Å². The van der Waals surface area contributed by atoms with Crippen LogP contribution in [0.1, 0.15) is 38.7 Å². The fourth-order valence-corrected chi connectivity index (χ4v) is 3.10. The van der Waals surface area contributed by atoms with Gasteiger partial charge in [0.05, 0.1) is 18.8 Å². The molecule has 1 aliphatic rings. The minimum absolute atomic E-state index is 0.0274. The van der Waals surface area contributed by atoms with Gasteiger partial charge < -0.3 is 15.2 Å². The monoisotopic (exact) mass is 276 g/mol. The average Bonchev–Trinajstić information content (AvgIpc) is 2.37. The summed E-state index contributed by atoms with van der Waals surface area (Å²) in [5, 5.41) is 7.66. The highest BCUT2D eigenvalue weighted by Gasteiger charge is 2.26. The van der Waals surface area contributed by atoms with Gasteiger partial charge in [-0.15, -0.1) is 0 Å². The van der Waals surface area contributed by atoms with Gasteiger partial charge in [0.15, 0.2) is 0 Å². The Morgan fingerprint density at radius 2 is 1.85 bits per heavy atom. The van der Waals surface area contributed by atoms with E-state index in [4.69, 9.17) is 20.6 Å². The first-order chi connectivity index (χ1) is 9.49. The summed E-state index contributed by atoms with van der Waals surface area (Å²) < 4.78 is 11.4. The molecule has 0 aliphatic heterocycles. The Bertz CT molecular complexity index is 477. The number of nitrogens with one attached hydrogen (secondary N) is 1. The summed E-state index contributed by atoms with van der Waals surface area (Å²) in [5.41, 5.74) is 6.26. The molecule has 1 saturated carbocycles. The number of hydrogen-bond donors (Lipinski definition) is 2. The second-order valence-corrected chi connectivity index (χ2v) is 5.93. The van der Waals surface area contributed by atoms with Crippen molar-refractivity contribution in [2.24, 2.45) is 17.6 Å². The van der Waals surface area contributed by atoms with Crippen molar-refractivity contribution in [1.29, 1.82) is 5.41 Å². The van der Waals surface area contributed by atoms with E-state index in [1.165, 1.54) is 6.42 Å². The van der Waals surface area contributed by atoms with E-state index < -0.39 is 0 Å². The van der Waals surface area contributed by atoms with Gasteiger partial charge in [-0.05, 0) is 43.2 Å². The van der Waals surface area contributed by atoms with Crippen molar-refractivity contribution in [2.45, 2.75) is 39.2 Å². The Kier molecular flexibility index (Phi) is 4.53. The molecule has 2 atom stereocenters. The molecule has 0 heterocycles. The quantitative estimate of drug-likeness (QED) is 0.655. The van der Waals surface area contributed by atoms with Crippen molar-refractivity contribution < 1.29 is 9.47 Å². The molecule has 0 spiro atoms. The van der Waals surface area contributed by atoms with Crippen LogP contribution in [0.15, 0.2) is 18.2 Å². The summed E-state index contributed by atoms with van der Waals surface area (Å²) in [6.45, 7) is 4.53. The molecular formula is C16H24N2O2. The number of rotatable bonds is 4.